The molecule has 2 heterocycles. The van der Waals surface area contributed by atoms with Crippen molar-refractivity contribution in [2.75, 3.05) is 19.7 Å². The number of nitrogens with zero attached hydrogens (tertiary/aromatic N) is 7. The molecule has 0 aliphatic heterocycles. The molecule has 0 spiro atoms. The van der Waals surface area contributed by atoms with E-state index in [0.717, 1.165) is 4.90 Å². The summed E-state index contributed by atoms with van der Waals surface area (Å²) in [5, 5.41) is 33.7. The SMILES string of the molecule is C[C@H](CO)N(CC(=O)NCc1cc(CC(=O)c2ccc3c(c2)c(C(N)=O)nn3CC(=O)N(CC(=O)NCc2cccc(Cl)c2F)C2CC2)cc(C#N)c1F)C(=O)Cn1nc(C(N)=O)c2ccccc21. The van der Waals surface area contributed by atoms with Gasteiger partial charge >= 0.3 is 0 Å². The van der Waals surface area contributed by atoms with Crippen LogP contribution < -0.4 is 22.1 Å². The minimum atomic E-state index is -0.954. The number of primary amides is 2. The van der Waals surface area contributed by atoms with Crippen LogP contribution >= 0.6 is 11.6 Å². The van der Waals surface area contributed by atoms with Crippen LogP contribution in [0.2, 0.25) is 5.02 Å². The normalized spacial score (nSPS) is 12.6. The first-order chi connectivity index (χ1) is 33.0. The Bertz CT molecular complexity index is 3110. The Kier molecular flexibility index (Phi) is 14.7. The molecule has 1 saturated carbocycles. The minimum Gasteiger partial charge on any atom is -0.394 e. The molecule has 7 rings (SSSR count). The molecule has 69 heavy (non-hydrogen) atoms. The van der Waals surface area contributed by atoms with E-state index in [1.807, 2.05) is 0 Å². The summed E-state index contributed by atoms with van der Waals surface area (Å²) in [5.41, 5.74) is 11.5. The van der Waals surface area contributed by atoms with Crippen LogP contribution in [0.3, 0.4) is 0 Å². The van der Waals surface area contributed by atoms with Crippen molar-refractivity contribution in [3.63, 3.8) is 0 Å². The standard InChI is InChI=1S/C47H44ClF2N11O8/c1-25(24-62)58(40(66)22-60-35-8-3-2-6-32(35)44(56-60)46(52)68)20-38(64)55-19-30-14-26(13-29(17-51)42(30)49)15-37(63)27-9-12-36-33(16-27)45(47(53)69)57-61(36)23-41(67)59(31-10-11-31)21-39(65)54-18-28-5-4-7-34(48)43(28)50/h2-9,12-14,16,25,31,62H,10-11,15,18-24H2,1H3,(H2,52,68)(H2,53,69)(H,54,65)(H,55,64)/t25-/m1/s1. The maximum atomic E-state index is 15.5. The molecular formula is C47H44ClF2N11O8. The quantitative estimate of drug-likeness (QED) is 0.0694. The molecule has 22 heteroatoms. The largest absolute Gasteiger partial charge is 0.394 e. The van der Waals surface area contributed by atoms with Crippen molar-refractivity contribution in [2.45, 2.75) is 64.4 Å². The number of aliphatic hydroxyl groups is 1. The van der Waals surface area contributed by atoms with Gasteiger partial charge in [-0.3, -0.25) is 42.9 Å². The first-order valence-corrected chi connectivity index (χ1v) is 21.8. The summed E-state index contributed by atoms with van der Waals surface area (Å²) in [6.45, 7) is -1.33. The zero-order valence-electron chi connectivity index (χ0n) is 36.9. The number of benzene rings is 4. The third-order valence-corrected chi connectivity index (χ3v) is 11.8. The Morgan fingerprint density at radius 2 is 1.43 bits per heavy atom. The summed E-state index contributed by atoms with van der Waals surface area (Å²) >= 11 is 5.85. The number of aliphatic hydroxyl groups excluding tert-OH is 1. The maximum Gasteiger partial charge on any atom is 0.269 e. The average Bonchev–Trinajstić information content (AvgIpc) is 4.02. The first kappa shape index (κ1) is 48.8. The summed E-state index contributed by atoms with van der Waals surface area (Å²) in [5.74, 6) is -6.32. The topological polar surface area (TPSA) is 282 Å². The lowest BCUT2D eigenvalue weighted by Crippen LogP contribution is -2.47. The van der Waals surface area contributed by atoms with Crippen LogP contribution in [0.25, 0.3) is 21.8 Å². The molecular weight excluding hydrogens is 920 g/mol. The molecule has 6 amide bonds. The highest BCUT2D eigenvalue weighted by atomic mass is 35.5. The van der Waals surface area contributed by atoms with Crippen molar-refractivity contribution >= 4 is 74.6 Å². The van der Waals surface area contributed by atoms with E-state index in [1.54, 1.807) is 36.4 Å². The fourth-order valence-electron chi connectivity index (χ4n) is 7.76. The number of nitrogens with one attached hydrogen (secondary N) is 2. The molecule has 19 nitrogen and oxygen atoms in total. The Morgan fingerprint density at radius 1 is 0.812 bits per heavy atom. The number of carbonyl (C=O) groups is 7. The Hall–Kier alpha value is -8.09. The number of fused-ring (bicyclic) bond motifs is 2. The zero-order valence-corrected chi connectivity index (χ0v) is 37.6. The maximum absolute atomic E-state index is 15.5. The predicted octanol–water partition coefficient (Wildman–Crippen LogP) is 2.65. The number of amides is 6. The van der Waals surface area contributed by atoms with Crippen LogP contribution in [0.5, 0.6) is 0 Å². The number of rotatable bonds is 20. The van der Waals surface area contributed by atoms with Crippen LogP contribution in [0.15, 0.2) is 72.8 Å². The number of nitrogens with two attached hydrogens (primary N) is 2. The highest BCUT2D eigenvalue weighted by Gasteiger charge is 2.35. The summed E-state index contributed by atoms with van der Waals surface area (Å²) in [6, 6.07) is 18.4. The molecule has 1 aliphatic carbocycles. The van der Waals surface area contributed by atoms with Crippen molar-refractivity contribution in [3.05, 3.63) is 129 Å². The van der Waals surface area contributed by atoms with E-state index in [0.29, 0.717) is 23.7 Å². The molecule has 4 aromatic carbocycles. The number of halogens is 3. The fourth-order valence-corrected chi connectivity index (χ4v) is 7.96. The lowest BCUT2D eigenvalue weighted by atomic mass is 9.97. The molecule has 0 saturated heterocycles. The van der Waals surface area contributed by atoms with E-state index in [9.17, 15) is 48.3 Å². The van der Waals surface area contributed by atoms with Crippen molar-refractivity contribution in [2.24, 2.45) is 11.5 Å². The summed E-state index contributed by atoms with van der Waals surface area (Å²) in [6.07, 6.45) is 0.944. The molecule has 6 aromatic rings. The van der Waals surface area contributed by atoms with E-state index in [4.69, 9.17) is 23.1 Å². The van der Waals surface area contributed by atoms with Crippen LogP contribution in [-0.2, 0) is 51.8 Å². The van der Waals surface area contributed by atoms with Crippen LogP contribution in [0, 0.1) is 23.0 Å². The lowest BCUT2D eigenvalue weighted by molar-refractivity contribution is -0.139. The second-order valence-corrected chi connectivity index (χ2v) is 16.8. The van der Waals surface area contributed by atoms with Gasteiger partial charge in [0.1, 0.15) is 30.8 Å². The van der Waals surface area contributed by atoms with Crippen molar-refractivity contribution in [3.8, 4) is 6.07 Å². The third kappa shape index (κ3) is 11.0. The van der Waals surface area contributed by atoms with Gasteiger partial charge in [0.15, 0.2) is 17.2 Å². The molecule has 0 bridgehead atoms. The van der Waals surface area contributed by atoms with E-state index in [2.05, 4.69) is 20.8 Å². The number of hydrogen-bond donors (Lipinski definition) is 5. The van der Waals surface area contributed by atoms with Gasteiger partial charge in [-0.1, -0.05) is 48.0 Å². The number of hydrogen-bond acceptors (Lipinski definition) is 11. The van der Waals surface area contributed by atoms with Gasteiger partial charge in [-0.05, 0) is 61.7 Å². The molecule has 2 aromatic heterocycles. The Morgan fingerprint density at radius 3 is 2.09 bits per heavy atom. The Labute approximate surface area is 396 Å². The number of Topliss-reactive ketones (excluding diaryl/α,β-unsaturated/α-hetero) is 1. The number of aromatic nitrogens is 4. The van der Waals surface area contributed by atoms with Crippen LogP contribution in [0.4, 0.5) is 8.78 Å². The minimum absolute atomic E-state index is 0.0533. The molecule has 0 radical (unpaired) electrons. The van der Waals surface area contributed by atoms with Gasteiger partial charge < -0.3 is 37.0 Å². The number of para-hydroxylation sites is 1. The summed E-state index contributed by atoms with van der Waals surface area (Å²) < 4.78 is 32.4. The summed E-state index contributed by atoms with van der Waals surface area (Å²) in [7, 11) is 0. The number of carbonyl (C=O) groups excluding carboxylic acids is 7. The molecule has 7 N–H and O–H groups in total. The first-order valence-electron chi connectivity index (χ1n) is 21.4. The number of nitriles is 1. The predicted molar refractivity (Wildman–Crippen MR) is 244 cm³/mol. The molecule has 1 aliphatic rings. The van der Waals surface area contributed by atoms with Gasteiger partial charge in [0.2, 0.25) is 23.6 Å². The highest BCUT2D eigenvalue weighted by Crippen LogP contribution is 2.28. The highest BCUT2D eigenvalue weighted by molar-refractivity contribution is 6.30. The van der Waals surface area contributed by atoms with Gasteiger partial charge in [0, 0.05) is 53.0 Å². The van der Waals surface area contributed by atoms with E-state index >= 15 is 4.39 Å². The molecule has 1 fully saturated rings. The van der Waals surface area contributed by atoms with Crippen molar-refractivity contribution < 1.29 is 47.4 Å². The monoisotopic (exact) mass is 963 g/mol. The van der Waals surface area contributed by atoms with Gasteiger partial charge in [-0.15, -0.1) is 0 Å². The second kappa shape index (κ2) is 20.8. The van der Waals surface area contributed by atoms with Gasteiger partial charge in [-0.2, -0.15) is 15.5 Å². The van der Waals surface area contributed by atoms with Crippen LogP contribution in [-0.4, -0.2) is 107 Å². The molecule has 1 atom stereocenters. The fraction of sp³-hybridized carbons (Fsp3) is 0.277. The average molecular weight is 964 g/mol. The van der Waals surface area contributed by atoms with Crippen molar-refractivity contribution in [1.82, 2.24) is 40.0 Å². The molecule has 356 valence electrons. The number of ketones is 1. The smallest absolute Gasteiger partial charge is 0.269 e. The molecule has 0 unspecified atom stereocenters. The third-order valence-electron chi connectivity index (χ3n) is 11.5. The van der Waals surface area contributed by atoms with Crippen LogP contribution in [0.1, 0.15) is 73.4 Å². The summed E-state index contributed by atoms with van der Waals surface area (Å²) in [4.78, 5) is 94.1. The Balaban J connectivity index is 1.02. The second-order valence-electron chi connectivity index (χ2n) is 16.4. The lowest BCUT2D eigenvalue weighted by Gasteiger charge is -2.27. The van der Waals surface area contributed by atoms with Gasteiger partial charge in [0.05, 0.1) is 47.4 Å². The van der Waals surface area contributed by atoms with Gasteiger partial charge in [0.25, 0.3) is 11.8 Å². The van der Waals surface area contributed by atoms with E-state index in [-0.39, 0.29) is 75.1 Å². The van der Waals surface area contributed by atoms with Gasteiger partial charge in [-0.25, -0.2) is 8.78 Å². The van der Waals surface area contributed by atoms with E-state index in [1.165, 1.54) is 63.7 Å². The van der Waals surface area contributed by atoms with E-state index < -0.39 is 97.3 Å². The zero-order chi connectivity index (χ0) is 49.7. The van der Waals surface area contributed by atoms with Crippen molar-refractivity contribution in [1.29, 1.82) is 5.26 Å².